The summed E-state index contributed by atoms with van der Waals surface area (Å²) >= 11 is 1.94. The molecule has 0 radical (unpaired) electrons. The molecular formula is C84H52BN5S. The van der Waals surface area contributed by atoms with Crippen molar-refractivity contribution in [3.05, 3.63) is 315 Å². The minimum Gasteiger partial charge on any atom is -0.311 e. The first-order valence-electron chi connectivity index (χ1n) is 31.4. The molecular weight excluding hydrogens is 1120 g/mol. The van der Waals surface area contributed by atoms with Gasteiger partial charge in [0.05, 0.1) is 55.8 Å². The van der Waals surface area contributed by atoms with Gasteiger partial charge in [0, 0.05) is 92.1 Å². The molecule has 0 aliphatic carbocycles. The number of hydrogen-bond donors (Lipinski definition) is 0. The third-order valence-corrected chi connectivity index (χ3v) is 20.8. The fraction of sp³-hybridized carbons (Fsp3) is 0. The number of para-hydroxylation sites is 8. The first-order chi connectivity index (χ1) is 45.2. The number of nitrogens with zero attached hydrogens (tertiary/aromatic N) is 5. The second kappa shape index (κ2) is 19.4. The summed E-state index contributed by atoms with van der Waals surface area (Å²) in [7, 11) is 0. The summed E-state index contributed by atoms with van der Waals surface area (Å²) in [6.45, 7) is -0.238. The third-order valence-electron chi connectivity index (χ3n) is 19.6. The van der Waals surface area contributed by atoms with Crippen LogP contribution >= 0.6 is 11.3 Å². The Morgan fingerprint density at radius 3 is 1.12 bits per heavy atom. The average Bonchev–Trinajstić information content (AvgIpc) is 1.59. The van der Waals surface area contributed by atoms with Crippen molar-refractivity contribution < 1.29 is 0 Å². The summed E-state index contributed by atoms with van der Waals surface area (Å²) in [5, 5.41) is 9.88. The molecule has 0 spiro atoms. The van der Waals surface area contributed by atoms with E-state index in [1.54, 1.807) is 0 Å². The van der Waals surface area contributed by atoms with E-state index < -0.39 is 0 Å². The van der Waals surface area contributed by atoms with Crippen LogP contribution in [0.5, 0.6) is 0 Å². The van der Waals surface area contributed by atoms with Gasteiger partial charge in [-0.15, -0.1) is 11.3 Å². The van der Waals surface area contributed by atoms with Gasteiger partial charge in [-0.2, -0.15) is 0 Å². The maximum absolute atomic E-state index is 2.67. The minimum absolute atomic E-state index is 0.238. The third kappa shape index (κ3) is 7.18. The minimum atomic E-state index is -0.238. The fourth-order valence-electron chi connectivity index (χ4n) is 15.9. The summed E-state index contributed by atoms with van der Waals surface area (Å²) in [5.41, 5.74) is 25.5. The van der Waals surface area contributed by atoms with E-state index in [1.165, 1.54) is 90.9 Å². The molecule has 5 nitrogen and oxygen atoms in total. The van der Waals surface area contributed by atoms with Crippen molar-refractivity contribution in [2.45, 2.75) is 0 Å². The zero-order valence-corrected chi connectivity index (χ0v) is 50.1. The lowest BCUT2D eigenvalue weighted by Gasteiger charge is -2.45. The van der Waals surface area contributed by atoms with Crippen LogP contribution in [-0.2, 0) is 0 Å². The summed E-state index contributed by atoms with van der Waals surface area (Å²) in [5.74, 6) is 0. The van der Waals surface area contributed by atoms with Gasteiger partial charge in [-0.05, 0) is 112 Å². The number of aromatic nitrogens is 3. The number of thiophene rings is 1. The molecule has 4 aromatic heterocycles. The fourth-order valence-corrected chi connectivity index (χ4v) is 17.2. The van der Waals surface area contributed by atoms with Crippen LogP contribution in [0.1, 0.15) is 0 Å². The number of fused-ring (bicyclic) bond motifs is 17. The molecule has 20 rings (SSSR count). The van der Waals surface area contributed by atoms with Crippen LogP contribution in [0.4, 0.5) is 34.1 Å². The largest absolute Gasteiger partial charge is 0.311 e. The molecule has 422 valence electrons. The first kappa shape index (κ1) is 50.4. The zero-order chi connectivity index (χ0) is 59.4. The Morgan fingerprint density at radius 1 is 0.253 bits per heavy atom. The van der Waals surface area contributed by atoms with Crippen molar-refractivity contribution >= 4 is 154 Å². The number of rotatable bonds is 7. The standard InChI is InChI=1S/C84H52BN5S/c1-3-25-53(26-4-1)57-29-7-16-38-67(57)89-75-49-55(86-69-40-18-9-31-59(69)60-32-10-19-41-70(60)86)47-48-66(75)85-82-77(89)50-56(87-71-42-20-11-33-61(71)62-34-12-21-43-72(62)87)51-78(82)90(68-39-17-8-30-58(68)54-27-5-2-6-28-54)79-52-76(81-65-37-15-24-46-80(65)91-84(81)83(79)85)88-73-44-22-13-35-63(73)64-36-14-23-45-74(64)88/h1-52H. The monoisotopic (exact) mass is 1170 g/mol. The van der Waals surface area contributed by atoms with Crippen molar-refractivity contribution in [2.24, 2.45) is 0 Å². The first-order valence-corrected chi connectivity index (χ1v) is 32.2. The predicted octanol–water partition coefficient (Wildman–Crippen LogP) is 20.8. The summed E-state index contributed by atoms with van der Waals surface area (Å²) in [6.07, 6.45) is 0. The van der Waals surface area contributed by atoms with Crippen molar-refractivity contribution in [2.75, 3.05) is 9.80 Å². The molecule has 0 saturated carbocycles. The maximum atomic E-state index is 2.67. The van der Waals surface area contributed by atoms with E-state index in [0.29, 0.717) is 0 Å². The SMILES string of the molecule is c1ccc(-c2ccccc2N2c3cc(-n4c5ccccc5c5ccccc54)ccc3B3c4c2cc(-n2c5ccccc5c5ccccc52)cc4N(c2ccccc2-c2ccccc2)c2cc(-n4c5ccccc5c5ccccc54)c4c(sc5ccccc54)c23)cc1. The van der Waals surface area contributed by atoms with E-state index in [9.17, 15) is 0 Å². The molecule has 2 aliphatic heterocycles. The topological polar surface area (TPSA) is 21.3 Å². The molecule has 0 fully saturated rings. The summed E-state index contributed by atoms with van der Waals surface area (Å²) in [6, 6.07) is 118. The van der Waals surface area contributed by atoms with E-state index in [-0.39, 0.29) is 6.71 Å². The van der Waals surface area contributed by atoms with Crippen LogP contribution in [0.25, 0.3) is 125 Å². The van der Waals surface area contributed by atoms with Crippen LogP contribution in [0, 0.1) is 0 Å². The Labute approximate surface area is 529 Å². The van der Waals surface area contributed by atoms with Gasteiger partial charge in [0.25, 0.3) is 6.71 Å². The number of hydrogen-bond acceptors (Lipinski definition) is 3. The van der Waals surface area contributed by atoms with Gasteiger partial charge < -0.3 is 23.5 Å². The Morgan fingerprint density at radius 2 is 0.626 bits per heavy atom. The highest BCUT2D eigenvalue weighted by Crippen LogP contribution is 2.53. The van der Waals surface area contributed by atoms with Gasteiger partial charge in [0.15, 0.2) is 0 Å². The average molecular weight is 1170 g/mol. The molecule has 6 heterocycles. The van der Waals surface area contributed by atoms with Gasteiger partial charge >= 0.3 is 0 Å². The summed E-state index contributed by atoms with van der Waals surface area (Å²) < 4.78 is 10.1. The Kier molecular flexibility index (Phi) is 10.8. The highest BCUT2D eigenvalue weighted by atomic mass is 32.1. The maximum Gasteiger partial charge on any atom is 0.254 e. The Balaban J connectivity index is 0.999. The molecule has 0 N–H and O–H groups in total. The van der Waals surface area contributed by atoms with Crippen molar-refractivity contribution in [3.8, 4) is 39.3 Å². The van der Waals surface area contributed by atoms with Gasteiger partial charge in [0.2, 0.25) is 0 Å². The highest BCUT2D eigenvalue weighted by molar-refractivity contribution is 7.28. The van der Waals surface area contributed by atoms with Crippen LogP contribution in [0.3, 0.4) is 0 Å². The van der Waals surface area contributed by atoms with Crippen molar-refractivity contribution in [3.63, 3.8) is 0 Å². The van der Waals surface area contributed by atoms with E-state index >= 15 is 0 Å². The van der Waals surface area contributed by atoms with E-state index in [2.05, 4.69) is 339 Å². The summed E-state index contributed by atoms with van der Waals surface area (Å²) in [4.78, 5) is 5.31. The van der Waals surface area contributed by atoms with E-state index in [0.717, 1.165) is 84.5 Å². The predicted molar refractivity (Wildman–Crippen MR) is 387 cm³/mol. The van der Waals surface area contributed by atoms with E-state index in [4.69, 9.17) is 0 Å². The zero-order valence-electron chi connectivity index (χ0n) is 49.2. The Bertz CT molecular complexity index is 5890. The second-order valence-electron chi connectivity index (χ2n) is 24.3. The number of benzene rings is 14. The lowest BCUT2D eigenvalue weighted by molar-refractivity contribution is 1.15. The molecule has 91 heavy (non-hydrogen) atoms. The van der Waals surface area contributed by atoms with Crippen LogP contribution in [0.15, 0.2) is 315 Å². The van der Waals surface area contributed by atoms with E-state index in [1.807, 2.05) is 11.3 Å². The van der Waals surface area contributed by atoms with Gasteiger partial charge in [-0.1, -0.05) is 231 Å². The highest BCUT2D eigenvalue weighted by Gasteiger charge is 2.47. The number of anilines is 6. The van der Waals surface area contributed by atoms with Gasteiger partial charge in [-0.25, -0.2) is 0 Å². The lowest BCUT2D eigenvalue weighted by Crippen LogP contribution is -2.61. The van der Waals surface area contributed by atoms with Crippen LogP contribution in [0.2, 0.25) is 0 Å². The second-order valence-corrected chi connectivity index (χ2v) is 25.3. The normalized spacial score (nSPS) is 12.8. The lowest BCUT2D eigenvalue weighted by atomic mass is 9.33. The molecule has 0 amide bonds. The van der Waals surface area contributed by atoms with Crippen molar-refractivity contribution in [1.82, 2.24) is 13.7 Å². The van der Waals surface area contributed by atoms with Gasteiger partial charge in [-0.3, -0.25) is 0 Å². The molecule has 2 aliphatic rings. The van der Waals surface area contributed by atoms with Crippen LogP contribution in [-0.4, -0.2) is 20.4 Å². The molecule has 18 aromatic rings. The molecule has 0 saturated heterocycles. The molecule has 0 unspecified atom stereocenters. The van der Waals surface area contributed by atoms with Crippen molar-refractivity contribution in [1.29, 1.82) is 0 Å². The smallest absolute Gasteiger partial charge is 0.254 e. The molecule has 0 atom stereocenters. The molecule has 7 heteroatoms. The van der Waals surface area contributed by atoms with Gasteiger partial charge in [0.1, 0.15) is 0 Å². The molecule has 14 aromatic carbocycles. The Hall–Kier alpha value is -11.6. The quantitative estimate of drug-likeness (QED) is 0.148. The van der Waals surface area contributed by atoms with Crippen LogP contribution < -0.4 is 26.2 Å². The molecule has 0 bridgehead atoms.